The minimum absolute atomic E-state index is 0.0399. The number of halogens is 1. The molecule has 0 aliphatic heterocycles. The zero-order valence-corrected chi connectivity index (χ0v) is 17.7. The average molecular weight is 424 g/mol. The Hall–Kier alpha value is -3.38. The predicted molar refractivity (Wildman–Crippen MR) is 119 cm³/mol. The van der Waals surface area contributed by atoms with Crippen LogP contribution < -0.4 is 15.4 Å². The fourth-order valence-corrected chi connectivity index (χ4v) is 2.78. The molecular formula is C23H22ClN3O3. The highest BCUT2D eigenvalue weighted by Gasteiger charge is 2.13. The molecule has 154 valence electrons. The van der Waals surface area contributed by atoms with E-state index in [4.69, 9.17) is 16.3 Å². The number of nitrogens with zero attached hydrogens (tertiary/aromatic N) is 1. The van der Waals surface area contributed by atoms with Crippen molar-refractivity contribution in [3.8, 4) is 11.5 Å². The Bertz CT molecular complexity index is 1070. The van der Waals surface area contributed by atoms with E-state index in [1.165, 1.54) is 0 Å². The van der Waals surface area contributed by atoms with Crippen LogP contribution >= 0.6 is 11.6 Å². The number of pyridine rings is 1. The Kier molecular flexibility index (Phi) is 6.69. The Morgan fingerprint density at radius 1 is 0.933 bits per heavy atom. The lowest BCUT2D eigenvalue weighted by Crippen LogP contribution is -2.19. The number of amides is 2. The zero-order chi connectivity index (χ0) is 21.7. The first-order valence-electron chi connectivity index (χ1n) is 9.44. The van der Waals surface area contributed by atoms with Crippen molar-refractivity contribution < 1.29 is 14.3 Å². The summed E-state index contributed by atoms with van der Waals surface area (Å²) in [6.07, 6.45) is 1.55. The lowest BCUT2D eigenvalue weighted by Gasteiger charge is -2.10. The molecular weight excluding hydrogens is 402 g/mol. The summed E-state index contributed by atoms with van der Waals surface area (Å²) in [5, 5.41) is 6.16. The Balaban J connectivity index is 1.61. The van der Waals surface area contributed by atoms with E-state index in [2.05, 4.69) is 15.6 Å². The quantitative estimate of drug-likeness (QED) is 0.454. The number of carbonyl (C=O) groups is 2. The molecule has 0 bridgehead atoms. The van der Waals surface area contributed by atoms with E-state index in [1.807, 2.05) is 20.8 Å². The number of urea groups is 1. The van der Waals surface area contributed by atoms with Gasteiger partial charge in [0.05, 0.1) is 0 Å². The average Bonchev–Trinajstić information content (AvgIpc) is 2.72. The number of Topliss-reactive ketones (excluding diaryl/α,β-unsaturated/α-hetero) is 1. The monoisotopic (exact) mass is 423 g/mol. The minimum Gasteiger partial charge on any atom is -0.457 e. The van der Waals surface area contributed by atoms with Crippen molar-refractivity contribution >= 4 is 34.8 Å². The van der Waals surface area contributed by atoms with Gasteiger partial charge in [-0.1, -0.05) is 25.4 Å². The summed E-state index contributed by atoms with van der Waals surface area (Å²) in [6, 6.07) is 15.1. The van der Waals surface area contributed by atoms with Gasteiger partial charge in [-0.15, -0.1) is 0 Å². The number of nitrogens with one attached hydrogen (secondary N) is 2. The van der Waals surface area contributed by atoms with E-state index >= 15 is 0 Å². The van der Waals surface area contributed by atoms with E-state index in [0.29, 0.717) is 33.6 Å². The maximum absolute atomic E-state index is 12.2. The van der Waals surface area contributed by atoms with Crippen molar-refractivity contribution in [2.45, 2.75) is 20.8 Å². The smallest absolute Gasteiger partial charge is 0.323 e. The van der Waals surface area contributed by atoms with Gasteiger partial charge in [0.15, 0.2) is 5.78 Å². The lowest BCUT2D eigenvalue weighted by molar-refractivity contribution is 0.0934. The van der Waals surface area contributed by atoms with E-state index in [0.717, 1.165) is 5.56 Å². The summed E-state index contributed by atoms with van der Waals surface area (Å²) in [6.45, 7) is 5.52. The molecule has 7 heteroatoms. The van der Waals surface area contributed by atoms with Gasteiger partial charge >= 0.3 is 6.03 Å². The number of hydrogen-bond acceptors (Lipinski definition) is 4. The molecule has 1 aromatic heterocycles. The van der Waals surface area contributed by atoms with Crippen LogP contribution in [-0.2, 0) is 0 Å². The molecule has 0 spiro atoms. The molecule has 2 aromatic carbocycles. The molecule has 3 rings (SSSR count). The van der Waals surface area contributed by atoms with E-state index < -0.39 is 0 Å². The molecule has 0 aliphatic rings. The van der Waals surface area contributed by atoms with Gasteiger partial charge < -0.3 is 15.4 Å². The number of benzene rings is 2. The van der Waals surface area contributed by atoms with Gasteiger partial charge in [-0.05, 0) is 61.0 Å². The van der Waals surface area contributed by atoms with Gasteiger partial charge in [-0.25, -0.2) is 4.79 Å². The molecule has 0 saturated carbocycles. The van der Waals surface area contributed by atoms with Gasteiger partial charge in [-0.3, -0.25) is 9.78 Å². The van der Waals surface area contributed by atoms with Gasteiger partial charge in [0, 0.05) is 34.6 Å². The van der Waals surface area contributed by atoms with Crippen LogP contribution in [0.3, 0.4) is 0 Å². The van der Waals surface area contributed by atoms with E-state index in [-0.39, 0.29) is 17.7 Å². The van der Waals surface area contributed by atoms with Crippen LogP contribution in [0.5, 0.6) is 11.5 Å². The molecule has 2 N–H and O–H groups in total. The molecule has 0 radical (unpaired) electrons. The van der Waals surface area contributed by atoms with Crippen molar-refractivity contribution in [2.24, 2.45) is 5.92 Å². The summed E-state index contributed by atoms with van der Waals surface area (Å²) in [4.78, 5) is 28.4. The minimum atomic E-state index is -0.364. The molecule has 3 aromatic rings. The third-order valence-electron chi connectivity index (χ3n) is 4.27. The van der Waals surface area contributed by atoms with Crippen LogP contribution in [0.4, 0.5) is 16.2 Å². The highest BCUT2D eigenvalue weighted by Crippen LogP contribution is 2.24. The number of aromatic nitrogens is 1. The first kappa shape index (κ1) is 21.3. The molecule has 0 fully saturated rings. The summed E-state index contributed by atoms with van der Waals surface area (Å²) < 4.78 is 5.80. The molecule has 0 saturated heterocycles. The van der Waals surface area contributed by atoms with Crippen LogP contribution in [0.1, 0.15) is 29.9 Å². The zero-order valence-electron chi connectivity index (χ0n) is 16.9. The van der Waals surface area contributed by atoms with Crippen molar-refractivity contribution in [3.63, 3.8) is 0 Å². The van der Waals surface area contributed by atoms with Crippen molar-refractivity contribution in [2.75, 3.05) is 10.6 Å². The molecule has 0 atom stereocenters. The van der Waals surface area contributed by atoms with Crippen LogP contribution in [0, 0.1) is 12.8 Å². The number of aryl methyl sites for hydroxylation is 1. The number of carbonyl (C=O) groups excluding carboxylic acids is 2. The first-order valence-corrected chi connectivity index (χ1v) is 9.82. The SMILES string of the molecule is Cc1cc(NC(=O)Nc2ccc(Oc3ccnc(C(=O)C(C)C)c3)cc2)ccc1Cl. The number of rotatable bonds is 6. The van der Waals surface area contributed by atoms with E-state index in [9.17, 15) is 9.59 Å². The van der Waals surface area contributed by atoms with Gasteiger partial charge in [0.25, 0.3) is 0 Å². The van der Waals surface area contributed by atoms with Gasteiger partial charge in [0.2, 0.25) is 0 Å². The predicted octanol–water partition coefficient (Wildman–Crippen LogP) is 6.32. The van der Waals surface area contributed by atoms with Crippen LogP contribution in [0.25, 0.3) is 0 Å². The fraction of sp³-hybridized carbons (Fsp3) is 0.174. The van der Waals surface area contributed by atoms with Crippen molar-refractivity contribution in [1.82, 2.24) is 4.98 Å². The van der Waals surface area contributed by atoms with Gasteiger partial charge in [0.1, 0.15) is 17.2 Å². The standard InChI is InChI=1S/C23H22ClN3O3/c1-14(2)22(28)21-13-19(10-11-25-21)30-18-7-4-16(5-8-18)26-23(29)27-17-6-9-20(24)15(3)12-17/h4-14H,1-3H3,(H2,26,27,29). The van der Waals surface area contributed by atoms with Crippen LogP contribution in [0.15, 0.2) is 60.8 Å². The molecule has 1 heterocycles. The maximum atomic E-state index is 12.2. The molecule has 0 unspecified atom stereocenters. The summed E-state index contributed by atoms with van der Waals surface area (Å²) >= 11 is 6.00. The molecule has 30 heavy (non-hydrogen) atoms. The largest absolute Gasteiger partial charge is 0.457 e. The summed E-state index contributed by atoms with van der Waals surface area (Å²) in [5.74, 6) is 0.914. The highest BCUT2D eigenvalue weighted by molar-refractivity contribution is 6.31. The van der Waals surface area contributed by atoms with E-state index in [1.54, 1.807) is 60.8 Å². The Morgan fingerprint density at radius 2 is 1.60 bits per heavy atom. The molecule has 6 nitrogen and oxygen atoms in total. The topological polar surface area (TPSA) is 80.3 Å². The van der Waals surface area contributed by atoms with Crippen LogP contribution in [-0.4, -0.2) is 16.8 Å². The summed E-state index contributed by atoms with van der Waals surface area (Å²) in [5.41, 5.74) is 2.51. The lowest BCUT2D eigenvalue weighted by atomic mass is 10.1. The van der Waals surface area contributed by atoms with Gasteiger partial charge in [-0.2, -0.15) is 0 Å². The third-order valence-corrected chi connectivity index (χ3v) is 4.70. The van der Waals surface area contributed by atoms with Crippen molar-refractivity contribution in [3.05, 3.63) is 77.1 Å². The Morgan fingerprint density at radius 3 is 2.27 bits per heavy atom. The third kappa shape index (κ3) is 5.58. The van der Waals surface area contributed by atoms with Crippen LogP contribution in [0.2, 0.25) is 5.02 Å². The second-order valence-electron chi connectivity index (χ2n) is 7.07. The number of ether oxygens (including phenoxy) is 1. The van der Waals surface area contributed by atoms with Crippen molar-refractivity contribution in [1.29, 1.82) is 0 Å². The number of anilines is 2. The molecule has 0 aliphatic carbocycles. The first-order chi connectivity index (χ1) is 14.3. The molecule has 2 amide bonds. The maximum Gasteiger partial charge on any atom is 0.323 e. The number of hydrogen-bond donors (Lipinski definition) is 2. The normalized spacial score (nSPS) is 10.6. The highest BCUT2D eigenvalue weighted by atomic mass is 35.5. The number of ketones is 1. The summed E-state index contributed by atoms with van der Waals surface area (Å²) in [7, 11) is 0. The Labute approximate surface area is 180 Å². The second-order valence-corrected chi connectivity index (χ2v) is 7.47. The fourth-order valence-electron chi connectivity index (χ4n) is 2.66. The second kappa shape index (κ2) is 9.41.